The second kappa shape index (κ2) is 7.32. The van der Waals surface area contributed by atoms with E-state index in [-0.39, 0.29) is 11.8 Å². The van der Waals surface area contributed by atoms with Crippen molar-refractivity contribution >= 4 is 21.4 Å². The Morgan fingerprint density at radius 1 is 1.28 bits per heavy atom. The van der Waals surface area contributed by atoms with Crippen molar-refractivity contribution in [1.29, 1.82) is 0 Å². The lowest BCUT2D eigenvalue weighted by atomic mass is 10.1. The molecule has 136 valence electrons. The number of aryl methyl sites for hydroxylation is 1. The molecule has 2 aromatic rings. The molecule has 0 saturated carbocycles. The highest BCUT2D eigenvalue weighted by Gasteiger charge is 2.28. The van der Waals surface area contributed by atoms with Crippen molar-refractivity contribution in [3.05, 3.63) is 35.2 Å². The Morgan fingerprint density at radius 3 is 2.60 bits per heavy atom. The average Bonchev–Trinajstić information content (AvgIpc) is 3.01. The summed E-state index contributed by atoms with van der Waals surface area (Å²) in [6, 6.07) is 4.82. The largest absolute Gasteiger partial charge is 0.411 e. The first-order valence-electron chi connectivity index (χ1n) is 7.79. The van der Waals surface area contributed by atoms with Crippen LogP contribution in [-0.4, -0.2) is 30.3 Å². The first kappa shape index (κ1) is 19.1. The van der Waals surface area contributed by atoms with Gasteiger partial charge in [-0.15, -0.1) is 5.10 Å². The van der Waals surface area contributed by atoms with Gasteiger partial charge >= 0.3 is 5.22 Å². The first-order chi connectivity index (χ1) is 11.6. The lowest BCUT2D eigenvalue weighted by Crippen LogP contribution is -2.23. The van der Waals surface area contributed by atoms with Gasteiger partial charge in [0.1, 0.15) is 5.75 Å². The fourth-order valence-electron chi connectivity index (χ4n) is 2.07. The van der Waals surface area contributed by atoms with Crippen LogP contribution in [-0.2, 0) is 14.6 Å². The van der Waals surface area contributed by atoms with E-state index in [1.54, 1.807) is 12.1 Å². The molecule has 0 spiro atoms. The summed E-state index contributed by atoms with van der Waals surface area (Å²) < 4.78 is 29.7. The van der Waals surface area contributed by atoms with Crippen LogP contribution in [0.1, 0.15) is 36.9 Å². The minimum absolute atomic E-state index is 0.00333. The van der Waals surface area contributed by atoms with Crippen LogP contribution in [0.5, 0.6) is 0 Å². The van der Waals surface area contributed by atoms with Crippen LogP contribution in [0.25, 0.3) is 0 Å². The van der Waals surface area contributed by atoms with Gasteiger partial charge in [0.25, 0.3) is 0 Å². The Hall–Kier alpha value is -2.26. The zero-order valence-corrected chi connectivity index (χ0v) is 15.4. The fraction of sp³-hybridized carbons (Fsp3) is 0.438. The third-order valence-corrected chi connectivity index (χ3v) is 5.23. The number of benzene rings is 1. The van der Waals surface area contributed by atoms with Crippen LogP contribution in [0.3, 0.4) is 0 Å². The fourth-order valence-corrected chi connectivity index (χ4v) is 2.99. The molecule has 0 aliphatic heterocycles. The molecule has 0 aliphatic carbocycles. The SMILES string of the molecule is Cc1cccc(NC(=O)CS(=O)(=O)c2nnc(C(N)C(C)C)o2)c1C. The van der Waals surface area contributed by atoms with Gasteiger partial charge in [-0.05, 0) is 37.0 Å². The molecule has 0 bridgehead atoms. The smallest absolute Gasteiger partial charge is 0.336 e. The van der Waals surface area contributed by atoms with Crippen molar-refractivity contribution in [2.75, 3.05) is 11.1 Å². The molecule has 1 heterocycles. The number of hydrogen-bond acceptors (Lipinski definition) is 7. The van der Waals surface area contributed by atoms with Gasteiger partial charge in [0, 0.05) is 5.69 Å². The molecule has 0 aliphatic rings. The Morgan fingerprint density at radius 2 is 1.96 bits per heavy atom. The number of carbonyl (C=O) groups is 1. The van der Waals surface area contributed by atoms with E-state index in [2.05, 4.69) is 15.5 Å². The van der Waals surface area contributed by atoms with E-state index < -0.39 is 32.8 Å². The van der Waals surface area contributed by atoms with Crippen LogP contribution in [0.4, 0.5) is 5.69 Å². The molecule has 0 fully saturated rings. The van der Waals surface area contributed by atoms with Gasteiger partial charge in [0.05, 0.1) is 6.04 Å². The number of rotatable bonds is 6. The summed E-state index contributed by atoms with van der Waals surface area (Å²) in [6.45, 7) is 7.44. The summed E-state index contributed by atoms with van der Waals surface area (Å²) in [5, 5.41) is 9.18. The van der Waals surface area contributed by atoms with Gasteiger partial charge < -0.3 is 15.5 Å². The van der Waals surface area contributed by atoms with Gasteiger partial charge in [0.2, 0.25) is 21.6 Å². The van der Waals surface area contributed by atoms with Crippen LogP contribution >= 0.6 is 0 Å². The van der Waals surface area contributed by atoms with E-state index in [4.69, 9.17) is 10.2 Å². The maximum absolute atomic E-state index is 12.3. The number of amides is 1. The predicted molar refractivity (Wildman–Crippen MR) is 92.7 cm³/mol. The molecule has 2 rings (SSSR count). The molecular weight excluding hydrogens is 344 g/mol. The molecule has 0 saturated heterocycles. The molecule has 1 aromatic carbocycles. The van der Waals surface area contributed by atoms with Crippen LogP contribution < -0.4 is 11.1 Å². The van der Waals surface area contributed by atoms with E-state index in [9.17, 15) is 13.2 Å². The van der Waals surface area contributed by atoms with Gasteiger partial charge in [0.15, 0.2) is 0 Å². The van der Waals surface area contributed by atoms with Gasteiger partial charge in [-0.1, -0.05) is 31.1 Å². The van der Waals surface area contributed by atoms with Crippen molar-refractivity contribution in [3.63, 3.8) is 0 Å². The third kappa shape index (κ3) is 4.43. The minimum Gasteiger partial charge on any atom is -0.411 e. The number of anilines is 1. The molecule has 9 heteroatoms. The second-order valence-electron chi connectivity index (χ2n) is 6.23. The highest BCUT2D eigenvalue weighted by Crippen LogP contribution is 2.21. The number of hydrogen-bond donors (Lipinski definition) is 2. The van der Waals surface area contributed by atoms with Gasteiger partial charge in [-0.25, -0.2) is 8.42 Å². The second-order valence-corrected chi connectivity index (χ2v) is 8.10. The van der Waals surface area contributed by atoms with Gasteiger partial charge in [-0.3, -0.25) is 4.79 Å². The van der Waals surface area contributed by atoms with Crippen molar-refractivity contribution in [2.24, 2.45) is 11.7 Å². The summed E-state index contributed by atoms with van der Waals surface area (Å²) in [6.07, 6.45) is 0. The number of aromatic nitrogens is 2. The Kier molecular flexibility index (Phi) is 5.58. The monoisotopic (exact) mass is 366 g/mol. The van der Waals surface area contributed by atoms with Crippen LogP contribution in [0.15, 0.2) is 27.8 Å². The topological polar surface area (TPSA) is 128 Å². The molecule has 3 N–H and O–H groups in total. The molecule has 0 radical (unpaired) electrons. The summed E-state index contributed by atoms with van der Waals surface area (Å²) in [5.41, 5.74) is 8.28. The molecule has 1 aromatic heterocycles. The van der Waals surface area contributed by atoms with Crippen molar-refractivity contribution in [1.82, 2.24) is 10.2 Å². The Balaban J connectivity index is 2.13. The van der Waals surface area contributed by atoms with E-state index in [0.29, 0.717) is 5.69 Å². The standard InChI is InChI=1S/C16H22N4O4S/c1-9(2)14(17)15-19-20-16(24-15)25(22,23)8-13(21)18-12-7-5-6-10(3)11(12)4/h5-7,9,14H,8,17H2,1-4H3,(H,18,21). The predicted octanol–water partition coefficient (Wildman–Crippen LogP) is 1.75. The molecule has 25 heavy (non-hydrogen) atoms. The lowest BCUT2D eigenvalue weighted by Gasteiger charge is -2.10. The molecular formula is C16H22N4O4S. The maximum Gasteiger partial charge on any atom is 0.336 e. The number of carbonyl (C=O) groups excluding carboxylic acids is 1. The number of nitrogens with one attached hydrogen (secondary N) is 1. The Bertz CT molecular complexity index is 874. The summed E-state index contributed by atoms with van der Waals surface area (Å²) in [5.74, 6) is -1.44. The lowest BCUT2D eigenvalue weighted by molar-refractivity contribution is -0.113. The van der Waals surface area contributed by atoms with Gasteiger partial charge in [-0.2, -0.15) is 0 Å². The summed E-state index contributed by atoms with van der Waals surface area (Å²) >= 11 is 0. The third-order valence-electron chi connectivity index (χ3n) is 3.89. The number of nitrogens with zero attached hydrogens (tertiary/aromatic N) is 2. The molecule has 1 atom stereocenters. The van der Waals surface area contributed by atoms with E-state index in [1.807, 2.05) is 33.8 Å². The quantitative estimate of drug-likeness (QED) is 0.797. The van der Waals surface area contributed by atoms with E-state index in [0.717, 1.165) is 11.1 Å². The summed E-state index contributed by atoms with van der Waals surface area (Å²) in [7, 11) is -4.05. The van der Waals surface area contributed by atoms with Crippen molar-refractivity contribution in [2.45, 2.75) is 39.0 Å². The average molecular weight is 366 g/mol. The highest BCUT2D eigenvalue weighted by atomic mass is 32.2. The maximum atomic E-state index is 12.3. The zero-order valence-electron chi connectivity index (χ0n) is 14.6. The molecule has 1 amide bonds. The number of nitrogens with two attached hydrogens (primary N) is 1. The van der Waals surface area contributed by atoms with Crippen LogP contribution in [0, 0.1) is 19.8 Å². The highest BCUT2D eigenvalue weighted by molar-refractivity contribution is 7.91. The van der Waals surface area contributed by atoms with E-state index >= 15 is 0 Å². The van der Waals surface area contributed by atoms with E-state index in [1.165, 1.54) is 0 Å². The molecule has 8 nitrogen and oxygen atoms in total. The number of sulfone groups is 1. The van der Waals surface area contributed by atoms with Crippen molar-refractivity contribution in [3.8, 4) is 0 Å². The minimum atomic E-state index is -4.05. The van der Waals surface area contributed by atoms with Crippen LogP contribution in [0.2, 0.25) is 0 Å². The Labute approximate surface area is 146 Å². The summed E-state index contributed by atoms with van der Waals surface area (Å²) in [4.78, 5) is 12.1. The first-order valence-corrected chi connectivity index (χ1v) is 9.45. The zero-order chi connectivity index (χ0) is 18.8. The van der Waals surface area contributed by atoms with Crippen molar-refractivity contribution < 1.29 is 17.6 Å². The normalized spacial score (nSPS) is 13.0. The molecule has 1 unspecified atom stereocenters.